The van der Waals surface area contributed by atoms with Gasteiger partial charge in [-0.2, -0.15) is 0 Å². The molecule has 0 saturated carbocycles. The number of nitrogens with one attached hydrogen (secondary N) is 1. The molecule has 1 unspecified atom stereocenters. The molecule has 156 valence electrons. The second-order valence-electron chi connectivity index (χ2n) is 7.17. The van der Waals surface area contributed by atoms with E-state index in [4.69, 9.17) is 17.3 Å². The Morgan fingerprint density at radius 2 is 1.87 bits per heavy atom. The third kappa shape index (κ3) is 5.04. The van der Waals surface area contributed by atoms with Crippen LogP contribution in [0.4, 0.5) is 0 Å². The minimum atomic E-state index is -0.822. The molecular formula is C22H22ClN3O4. The SMILES string of the molecule is NC(=O)C(CCC=O)N1Cc2cc(CNC(=O)Cc3ccc(Cl)cc3)ccc2C1=O. The molecule has 0 saturated heterocycles. The Kier molecular flexibility index (Phi) is 6.84. The molecule has 1 heterocycles. The van der Waals surface area contributed by atoms with E-state index in [0.717, 1.165) is 16.7 Å². The van der Waals surface area contributed by atoms with E-state index in [1.54, 1.807) is 36.4 Å². The fourth-order valence-electron chi connectivity index (χ4n) is 3.49. The van der Waals surface area contributed by atoms with Gasteiger partial charge in [0.25, 0.3) is 5.91 Å². The second-order valence-corrected chi connectivity index (χ2v) is 7.60. The summed E-state index contributed by atoms with van der Waals surface area (Å²) in [7, 11) is 0. The van der Waals surface area contributed by atoms with E-state index < -0.39 is 11.9 Å². The summed E-state index contributed by atoms with van der Waals surface area (Å²) in [6, 6.07) is 11.6. The fourth-order valence-corrected chi connectivity index (χ4v) is 3.61. The number of benzene rings is 2. The monoisotopic (exact) mass is 427 g/mol. The lowest BCUT2D eigenvalue weighted by Gasteiger charge is -2.24. The maximum Gasteiger partial charge on any atom is 0.255 e. The van der Waals surface area contributed by atoms with Gasteiger partial charge in [0, 0.05) is 30.1 Å². The van der Waals surface area contributed by atoms with Crippen molar-refractivity contribution < 1.29 is 19.2 Å². The lowest BCUT2D eigenvalue weighted by molar-refractivity contribution is -0.123. The molecule has 2 aromatic rings. The highest BCUT2D eigenvalue weighted by molar-refractivity contribution is 6.30. The Labute approximate surface area is 179 Å². The van der Waals surface area contributed by atoms with Crippen molar-refractivity contribution in [3.05, 3.63) is 69.7 Å². The number of rotatable bonds is 9. The first-order chi connectivity index (χ1) is 14.4. The zero-order valence-corrected chi connectivity index (χ0v) is 17.0. The van der Waals surface area contributed by atoms with Crippen molar-refractivity contribution in [3.63, 3.8) is 0 Å². The zero-order valence-electron chi connectivity index (χ0n) is 16.3. The summed E-state index contributed by atoms with van der Waals surface area (Å²) in [4.78, 5) is 48.7. The number of nitrogens with zero attached hydrogens (tertiary/aromatic N) is 1. The van der Waals surface area contributed by atoms with Crippen LogP contribution in [-0.2, 0) is 33.9 Å². The van der Waals surface area contributed by atoms with E-state index in [-0.39, 0.29) is 37.6 Å². The molecule has 30 heavy (non-hydrogen) atoms. The number of amides is 3. The van der Waals surface area contributed by atoms with Crippen LogP contribution in [0, 0.1) is 0 Å². The van der Waals surface area contributed by atoms with Gasteiger partial charge in [0.15, 0.2) is 0 Å². The number of carbonyl (C=O) groups excluding carboxylic acids is 4. The topological polar surface area (TPSA) is 110 Å². The first-order valence-corrected chi connectivity index (χ1v) is 9.93. The quantitative estimate of drug-likeness (QED) is 0.596. The first kappa shape index (κ1) is 21.5. The van der Waals surface area contributed by atoms with Crippen LogP contribution in [0.2, 0.25) is 5.02 Å². The van der Waals surface area contributed by atoms with Crippen LogP contribution in [0.3, 0.4) is 0 Å². The maximum absolute atomic E-state index is 12.7. The molecule has 7 nitrogen and oxygen atoms in total. The number of hydrogen-bond acceptors (Lipinski definition) is 4. The van der Waals surface area contributed by atoms with Crippen molar-refractivity contribution in [2.45, 2.75) is 38.4 Å². The van der Waals surface area contributed by atoms with Crippen LogP contribution in [0.15, 0.2) is 42.5 Å². The third-order valence-electron chi connectivity index (χ3n) is 5.03. The van der Waals surface area contributed by atoms with Crippen LogP contribution in [0.5, 0.6) is 0 Å². The minimum absolute atomic E-state index is 0.127. The molecule has 0 radical (unpaired) electrons. The maximum atomic E-state index is 12.7. The molecule has 1 aliphatic heterocycles. The molecule has 2 aromatic carbocycles. The number of carbonyl (C=O) groups is 4. The highest BCUT2D eigenvalue weighted by Crippen LogP contribution is 2.27. The second kappa shape index (κ2) is 9.54. The molecule has 1 atom stereocenters. The van der Waals surface area contributed by atoms with Crippen molar-refractivity contribution in [3.8, 4) is 0 Å². The minimum Gasteiger partial charge on any atom is -0.368 e. The Bertz CT molecular complexity index is 975. The van der Waals surface area contributed by atoms with E-state index in [2.05, 4.69) is 5.32 Å². The Morgan fingerprint density at radius 1 is 1.17 bits per heavy atom. The Balaban J connectivity index is 1.62. The van der Waals surface area contributed by atoms with Gasteiger partial charge in [-0.1, -0.05) is 35.9 Å². The van der Waals surface area contributed by atoms with E-state index in [0.29, 0.717) is 23.4 Å². The van der Waals surface area contributed by atoms with E-state index in [1.165, 1.54) is 4.90 Å². The van der Waals surface area contributed by atoms with E-state index in [1.807, 2.05) is 6.07 Å². The number of fused-ring (bicyclic) bond motifs is 1. The summed E-state index contributed by atoms with van der Waals surface area (Å²) in [5.74, 6) is -1.04. The molecule has 8 heteroatoms. The fraction of sp³-hybridized carbons (Fsp3) is 0.273. The smallest absolute Gasteiger partial charge is 0.255 e. The highest BCUT2D eigenvalue weighted by atomic mass is 35.5. The average molecular weight is 428 g/mol. The van der Waals surface area contributed by atoms with Crippen LogP contribution >= 0.6 is 11.6 Å². The predicted octanol–water partition coefficient (Wildman–Crippen LogP) is 1.99. The Hall–Kier alpha value is -3.19. The van der Waals surface area contributed by atoms with Crippen molar-refractivity contribution in [1.29, 1.82) is 0 Å². The number of primary amides is 1. The summed E-state index contributed by atoms with van der Waals surface area (Å²) >= 11 is 5.85. The summed E-state index contributed by atoms with van der Waals surface area (Å²) in [6.07, 6.45) is 1.30. The van der Waals surface area contributed by atoms with Crippen molar-refractivity contribution in [2.24, 2.45) is 5.73 Å². The van der Waals surface area contributed by atoms with Crippen LogP contribution in [0.25, 0.3) is 0 Å². The number of halogens is 1. The van der Waals surface area contributed by atoms with Gasteiger partial charge in [0.2, 0.25) is 11.8 Å². The molecule has 3 rings (SSSR count). The molecule has 0 aromatic heterocycles. The van der Waals surface area contributed by atoms with Crippen molar-refractivity contribution in [2.75, 3.05) is 0 Å². The molecule has 3 N–H and O–H groups in total. The number of aldehydes is 1. The van der Waals surface area contributed by atoms with E-state index >= 15 is 0 Å². The first-order valence-electron chi connectivity index (χ1n) is 9.56. The highest BCUT2D eigenvalue weighted by Gasteiger charge is 2.35. The molecule has 0 bridgehead atoms. The van der Waals surface area contributed by atoms with Crippen molar-refractivity contribution >= 4 is 35.6 Å². The zero-order chi connectivity index (χ0) is 21.7. The van der Waals surface area contributed by atoms with Gasteiger partial charge in [0.05, 0.1) is 6.42 Å². The van der Waals surface area contributed by atoms with Gasteiger partial charge in [-0.25, -0.2) is 0 Å². The Morgan fingerprint density at radius 3 is 2.53 bits per heavy atom. The summed E-state index contributed by atoms with van der Waals surface area (Å²) in [5.41, 5.74) is 8.41. The third-order valence-corrected chi connectivity index (χ3v) is 5.28. The molecule has 0 fully saturated rings. The summed E-state index contributed by atoms with van der Waals surface area (Å²) in [6.45, 7) is 0.561. The number of nitrogens with two attached hydrogens (primary N) is 1. The number of hydrogen-bond donors (Lipinski definition) is 2. The average Bonchev–Trinajstić information content (AvgIpc) is 3.04. The van der Waals surface area contributed by atoms with Gasteiger partial charge >= 0.3 is 0 Å². The van der Waals surface area contributed by atoms with Gasteiger partial charge in [-0.3, -0.25) is 14.4 Å². The standard InChI is InChI=1S/C22H22ClN3O4/c23-17-6-3-14(4-7-17)11-20(28)25-12-15-5-8-18-16(10-15)13-26(22(18)30)19(21(24)29)2-1-9-27/h3-10,19H,1-2,11-13H2,(H2,24,29)(H,25,28). The lowest BCUT2D eigenvalue weighted by Crippen LogP contribution is -2.44. The molecule has 1 aliphatic rings. The molecule has 0 aliphatic carbocycles. The molecule has 3 amide bonds. The summed E-state index contributed by atoms with van der Waals surface area (Å²) < 4.78 is 0. The van der Waals surface area contributed by atoms with Crippen LogP contribution in [0.1, 0.15) is 39.9 Å². The molecule has 0 spiro atoms. The van der Waals surface area contributed by atoms with Gasteiger partial charge in [-0.05, 0) is 41.3 Å². The van der Waals surface area contributed by atoms with Gasteiger partial charge in [0.1, 0.15) is 12.3 Å². The van der Waals surface area contributed by atoms with Gasteiger partial charge < -0.3 is 20.7 Å². The molecular weight excluding hydrogens is 406 g/mol. The van der Waals surface area contributed by atoms with Crippen molar-refractivity contribution in [1.82, 2.24) is 10.2 Å². The van der Waals surface area contributed by atoms with Crippen LogP contribution < -0.4 is 11.1 Å². The van der Waals surface area contributed by atoms with E-state index in [9.17, 15) is 19.2 Å². The van der Waals surface area contributed by atoms with Crippen LogP contribution in [-0.4, -0.2) is 34.9 Å². The normalized spacial score (nSPS) is 13.6. The van der Waals surface area contributed by atoms with Gasteiger partial charge in [-0.15, -0.1) is 0 Å². The summed E-state index contributed by atoms with van der Waals surface area (Å²) in [5, 5.41) is 3.48. The largest absolute Gasteiger partial charge is 0.368 e. The predicted molar refractivity (Wildman–Crippen MR) is 112 cm³/mol. The lowest BCUT2D eigenvalue weighted by atomic mass is 10.1.